The van der Waals surface area contributed by atoms with Crippen molar-refractivity contribution in [1.82, 2.24) is 15.0 Å². The number of hydrogen-bond acceptors (Lipinski definition) is 3. The summed E-state index contributed by atoms with van der Waals surface area (Å²) < 4.78 is 0.987. The fourth-order valence-corrected chi connectivity index (χ4v) is 3.18. The first-order chi connectivity index (χ1) is 12.6. The normalized spacial score (nSPS) is 11.2. The quantitative estimate of drug-likeness (QED) is 0.487. The summed E-state index contributed by atoms with van der Waals surface area (Å²) in [5.74, 6) is 1.82. The van der Waals surface area contributed by atoms with Crippen LogP contribution in [-0.4, -0.2) is 15.0 Å². The lowest BCUT2D eigenvalue weighted by Crippen LogP contribution is -2.02. The molecule has 0 amide bonds. The predicted molar refractivity (Wildman–Crippen MR) is 112 cm³/mol. The topological polar surface area (TPSA) is 38.7 Å². The van der Waals surface area contributed by atoms with E-state index >= 15 is 0 Å². The number of hydrogen-bond donors (Lipinski definition) is 0. The molecule has 0 spiro atoms. The van der Waals surface area contributed by atoms with Gasteiger partial charge in [-0.15, -0.1) is 0 Å². The second-order valence-corrected chi connectivity index (χ2v) is 6.67. The Labute approximate surface area is 162 Å². The zero-order valence-corrected chi connectivity index (χ0v) is 16.1. The molecule has 128 valence electrons. The van der Waals surface area contributed by atoms with Crippen molar-refractivity contribution in [3.8, 4) is 22.8 Å². The molecule has 0 bridgehead atoms. The summed E-state index contributed by atoms with van der Waals surface area (Å²) >= 11 is 3.55. The van der Waals surface area contributed by atoms with Gasteiger partial charge in [0.2, 0.25) is 0 Å². The molecule has 0 fully saturated rings. The number of nitrogens with zero attached hydrogens (tertiary/aromatic N) is 3. The van der Waals surface area contributed by atoms with Crippen molar-refractivity contribution in [2.45, 2.75) is 6.92 Å². The Balaban J connectivity index is 2.25. The lowest BCUT2D eigenvalue weighted by molar-refractivity contribution is 1.04. The van der Waals surface area contributed by atoms with E-state index in [0.717, 1.165) is 26.7 Å². The highest BCUT2D eigenvalue weighted by Crippen LogP contribution is 2.26. The highest BCUT2D eigenvalue weighted by Gasteiger charge is 2.12. The number of allylic oxidation sites excluding steroid dienone is 4. The molecule has 0 radical (unpaired) electrons. The summed E-state index contributed by atoms with van der Waals surface area (Å²) in [6.45, 7) is 9.66. The van der Waals surface area contributed by atoms with Crippen LogP contribution in [0.3, 0.4) is 0 Å². The number of halogens is 1. The lowest BCUT2D eigenvalue weighted by atomic mass is 10.1. The Kier molecular flexibility index (Phi) is 5.54. The molecule has 0 atom stereocenters. The van der Waals surface area contributed by atoms with E-state index in [1.165, 1.54) is 0 Å². The van der Waals surface area contributed by atoms with Crippen molar-refractivity contribution in [2.75, 3.05) is 0 Å². The van der Waals surface area contributed by atoms with Crippen molar-refractivity contribution >= 4 is 21.5 Å². The molecule has 0 aliphatic heterocycles. The van der Waals surface area contributed by atoms with Crippen LogP contribution in [0, 0.1) is 6.92 Å². The third kappa shape index (κ3) is 4.03. The molecule has 3 aromatic rings. The van der Waals surface area contributed by atoms with Crippen LogP contribution >= 0.6 is 15.9 Å². The SMILES string of the molecule is C=C/C=C(\C=C)c1nc(-c2ccccc2)nc(-c2cc(C)cc(Br)c2)n1. The van der Waals surface area contributed by atoms with Gasteiger partial charge in [-0.1, -0.05) is 77.6 Å². The van der Waals surface area contributed by atoms with E-state index in [4.69, 9.17) is 4.98 Å². The molecule has 0 unspecified atom stereocenters. The highest BCUT2D eigenvalue weighted by atomic mass is 79.9. The van der Waals surface area contributed by atoms with Crippen molar-refractivity contribution in [2.24, 2.45) is 0 Å². The Bertz CT molecular complexity index is 971. The number of rotatable bonds is 5. The minimum Gasteiger partial charge on any atom is -0.208 e. The minimum absolute atomic E-state index is 0.571. The van der Waals surface area contributed by atoms with E-state index in [1.54, 1.807) is 12.2 Å². The predicted octanol–water partition coefficient (Wildman–Crippen LogP) is 6.03. The van der Waals surface area contributed by atoms with Crippen molar-refractivity contribution in [1.29, 1.82) is 0 Å². The standard InChI is InChI=1S/C22H18BrN3/c1-4-9-16(5-2)20-24-21(17-10-7-6-8-11-17)26-22(25-20)18-12-15(3)13-19(23)14-18/h4-14H,1-2H2,3H3/b16-9+. The number of aromatic nitrogens is 3. The van der Waals surface area contributed by atoms with E-state index in [0.29, 0.717) is 17.5 Å². The van der Waals surface area contributed by atoms with Crippen molar-refractivity contribution in [3.63, 3.8) is 0 Å². The van der Waals surface area contributed by atoms with Crippen LogP contribution in [0.5, 0.6) is 0 Å². The average Bonchev–Trinajstić information content (AvgIpc) is 2.65. The van der Waals surface area contributed by atoms with Gasteiger partial charge in [0, 0.05) is 21.2 Å². The Hall–Kier alpha value is -2.85. The van der Waals surface area contributed by atoms with E-state index in [-0.39, 0.29) is 0 Å². The second-order valence-electron chi connectivity index (χ2n) is 5.75. The van der Waals surface area contributed by atoms with Gasteiger partial charge in [0.05, 0.1) is 0 Å². The summed E-state index contributed by atoms with van der Waals surface area (Å²) in [6.07, 6.45) is 5.26. The van der Waals surface area contributed by atoms with E-state index in [9.17, 15) is 0 Å². The van der Waals surface area contributed by atoms with Gasteiger partial charge in [-0.25, -0.2) is 15.0 Å². The monoisotopic (exact) mass is 403 g/mol. The minimum atomic E-state index is 0.571. The molecule has 3 rings (SSSR count). The third-order valence-electron chi connectivity index (χ3n) is 3.74. The molecule has 1 heterocycles. The zero-order chi connectivity index (χ0) is 18.5. The molecule has 3 nitrogen and oxygen atoms in total. The average molecular weight is 404 g/mol. The van der Waals surface area contributed by atoms with Crippen LogP contribution in [0.4, 0.5) is 0 Å². The van der Waals surface area contributed by atoms with Crippen molar-refractivity contribution in [3.05, 3.63) is 95.8 Å². The van der Waals surface area contributed by atoms with Gasteiger partial charge in [0.25, 0.3) is 0 Å². The molecule has 0 saturated heterocycles. The van der Waals surface area contributed by atoms with E-state index in [2.05, 4.69) is 51.2 Å². The summed E-state index contributed by atoms with van der Waals surface area (Å²) in [7, 11) is 0. The fraction of sp³-hybridized carbons (Fsp3) is 0.0455. The van der Waals surface area contributed by atoms with Gasteiger partial charge in [0.15, 0.2) is 17.5 Å². The van der Waals surface area contributed by atoms with Crippen LogP contribution in [0.1, 0.15) is 11.4 Å². The first-order valence-electron chi connectivity index (χ1n) is 8.15. The Morgan fingerprint density at radius 3 is 2.23 bits per heavy atom. The fourth-order valence-electron chi connectivity index (χ4n) is 2.58. The number of benzene rings is 2. The third-order valence-corrected chi connectivity index (χ3v) is 4.20. The molecule has 0 N–H and O–H groups in total. The molecule has 26 heavy (non-hydrogen) atoms. The molecule has 2 aromatic carbocycles. The maximum absolute atomic E-state index is 4.70. The van der Waals surface area contributed by atoms with E-state index < -0.39 is 0 Å². The largest absolute Gasteiger partial charge is 0.208 e. The molecule has 4 heteroatoms. The van der Waals surface area contributed by atoms with E-state index in [1.807, 2.05) is 49.4 Å². The summed E-state index contributed by atoms with van der Waals surface area (Å²) in [5, 5.41) is 0. The summed E-state index contributed by atoms with van der Waals surface area (Å²) in [5.41, 5.74) is 3.79. The van der Waals surface area contributed by atoms with Gasteiger partial charge in [-0.3, -0.25) is 0 Å². The lowest BCUT2D eigenvalue weighted by Gasteiger charge is -2.09. The molecule has 1 aromatic heterocycles. The number of aryl methyl sites for hydroxylation is 1. The zero-order valence-electron chi connectivity index (χ0n) is 14.5. The van der Waals surface area contributed by atoms with Gasteiger partial charge >= 0.3 is 0 Å². The molecule has 0 saturated carbocycles. The molecule has 0 aliphatic carbocycles. The van der Waals surface area contributed by atoms with Gasteiger partial charge < -0.3 is 0 Å². The molecular weight excluding hydrogens is 386 g/mol. The molecule has 0 aliphatic rings. The van der Waals surface area contributed by atoms with Gasteiger partial charge in [-0.2, -0.15) is 0 Å². The first-order valence-corrected chi connectivity index (χ1v) is 8.94. The van der Waals surface area contributed by atoms with Crippen LogP contribution < -0.4 is 0 Å². The molecular formula is C22H18BrN3. The van der Waals surface area contributed by atoms with Crippen LogP contribution in [-0.2, 0) is 0 Å². The van der Waals surface area contributed by atoms with Gasteiger partial charge in [0.1, 0.15) is 0 Å². The van der Waals surface area contributed by atoms with Crippen LogP contribution in [0.2, 0.25) is 0 Å². The Morgan fingerprint density at radius 2 is 1.62 bits per heavy atom. The smallest absolute Gasteiger partial charge is 0.164 e. The highest BCUT2D eigenvalue weighted by molar-refractivity contribution is 9.10. The summed E-state index contributed by atoms with van der Waals surface area (Å²) in [6, 6.07) is 16.0. The maximum atomic E-state index is 4.70. The van der Waals surface area contributed by atoms with Crippen LogP contribution in [0.25, 0.3) is 28.3 Å². The van der Waals surface area contributed by atoms with Gasteiger partial charge in [-0.05, 0) is 30.7 Å². The summed E-state index contributed by atoms with van der Waals surface area (Å²) in [4.78, 5) is 14.0. The maximum Gasteiger partial charge on any atom is 0.164 e. The Morgan fingerprint density at radius 1 is 0.923 bits per heavy atom. The first kappa shape index (κ1) is 18.0. The van der Waals surface area contributed by atoms with Crippen LogP contribution in [0.15, 0.2) is 84.4 Å². The second kappa shape index (κ2) is 8.02. The van der Waals surface area contributed by atoms with Crippen molar-refractivity contribution < 1.29 is 0 Å².